The summed E-state index contributed by atoms with van der Waals surface area (Å²) in [6.07, 6.45) is 2.04. The van der Waals surface area contributed by atoms with Crippen LogP contribution in [-0.2, 0) is 24.1 Å². The maximum atomic E-state index is 12.2. The lowest BCUT2D eigenvalue weighted by Gasteiger charge is -2.24. The summed E-state index contributed by atoms with van der Waals surface area (Å²) in [6.45, 7) is 6.91. The van der Waals surface area contributed by atoms with E-state index in [1.165, 1.54) is 11.1 Å². The van der Waals surface area contributed by atoms with Crippen molar-refractivity contribution < 1.29 is 14.6 Å². The number of amides is 1. The summed E-state index contributed by atoms with van der Waals surface area (Å²) in [5, 5.41) is 8.99. The molecule has 1 N–H and O–H groups in total. The smallest absolute Gasteiger partial charge is 0.226 e. The molecule has 1 aliphatic heterocycles. The fraction of sp³-hybridized carbons (Fsp3) is 0.458. The molecule has 1 unspecified atom stereocenters. The van der Waals surface area contributed by atoms with E-state index < -0.39 is 0 Å². The number of aliphatic hydroxyl groups excluding tert-OH is 1. The van der Waals surface area contributed by atoms with Crippen molar-refractivity contribution >= 4 is 5.91 Å². The van der Waals surface area contributed by atoms with E-state index in [0.717, 1.165) is 29.7 Å². The molecule has 1 heterocycles. The molecule has 150 valence electrons. The molecule has 0 radical (unpaired) electrons. The molecular weight excluding hydrogens is 350 g/mol. The van der Waals surface area contributed by atoms with Gasteiger partial charge < -0.3 is 14.7 Å². The van der Waals surface area contributed by atoms with E-state index in [2.05, 4.69) is 51.1 Å². The summed E-state index contributed by atoms with van der Waals surface area (Å²) in [5.74, 6) is 1.47. The van der Waals surface area contributed by atoms with Gasteiger partial charge in [-0.15, -0.1) is 0 Å². The molecule has 4 nitrogen and oxygen atoms in total. The summed E-state index contributed by atoms with van der Waals surface area (Å²) in [5.41, 5.74) is 4.52. The van der Waals surface area contributed by atoms with E-state index >= 15 is 0 Å². The van der Waals surface area contributed by atoms with Crippen LogP contribution in [-0.4, -0.2) is 41.7 Å². The van der Waals surface area contributed by atoms with Gasteiger partial charge in [0.15, 0.2) is 0 Å². The Hall–Kier alpha value is -2.33. The Morgan fingerprint density at radius 3 is 2.50 bits per heavy atom. The van der Waals surface area contributed by atoms with Gasteiger partial charge in [0.25, 0.3) is 0 Å². The second-order valence-corrected chi connectivity index (χ2v) is 8.46. The van der Waals surface area contributed by atoms with Crippen LogP contribution in [0.1, 0.15) is 48.9 Å². The van der Waals surface area contributed by atoms with Crippen LogP contribution in [0.5, 0.6) is 5.75 Å². The van der Waals surface area contributed by atoms with E-state index in [4.69, 9.17) is 9.84 Å². The van der Waals surface area contributed by atoms with Crippen LogP contribution in [0.25, 0.3) is 0 Å². The van der Waals surface area contributed by atoms with E-state index in [0.29, 0.717) is 18.9 Å². The number of nitrogens with zero attached hydrogens (tertiary/aromatic N) is 1. The largest absolute Gasteiger partial charge is 0.487 e. The summed E-state index contributed by atoms with van der Waals surface area (Å²) < 4.78 is 6.29. The number of benzene rings is 2. The summed E-state index contributed by atoms with van der Waals surface area (Å²) in [6, 6.07) is 14.9. The zero-order chi connectivity index (χ0) is 20.3. The third-order valence-corrected chi connectivity index (χ3v) is 5.49. The first kappa shape index (κ1) is 20.4. The van der Waals surface area contributed by atoms with E-state index in [-0.39, 0.29) is 18.1 Å². The van der Waals surface area contributed by atoms with Gasteiger partial charge in [-0.05, 0) is 41.2 Å². The van der Waals surface area contributed by atoms with Crippen molar-refractivity contribution in [2.75, 3.05) is 20.2 Å². The number of hydrogen-bond acceptors (Lipinski definition) is 3. The molecule has 0 bridgehead atoms. The highest BCUT2D eigenvalue weighted by molar-refractivity contribution is 5.78. The minimum absolute atomic E-state index is 0.0147. The second kappa shape index (κ2) is 8.36. The molecule has 1 atom stereocenters. The van der Waals surface area contributed by atoms with Gasteiger partial charge >= 0.3 is 0 Å². The molecule has 4 heteroatoms. The van der Waals surface area contributed by atoms with Gasteiger partial charge in [-0.1, -0.05) is 50.2 Å². The zero-order valence-corrected chi connectivity index (χ0v) is 17.4. The molecule has 0 aliphatic carbocycles. The van der Waals surface area contributed by atoms with Crippen LogP contribution in [0.4, 0.5) is 0 Å². The van der Waals surface area contributed by atoms with E-state index in [9.17, 15) is 4.79 Å². The number of carbonyl (C=O) groups is 1. The van der Waals surface area contributed by atoms with Crippen molar-refractivity contribution in [3.05, 3.63) is 64.7 Å². The molecule has 0 fully saturated rings. The van der Waals surface area contributed by atoms with Crippen LogP contribution in [0, 0.1) is 0 Å². The van der Waals surface area contributed by atoms with Gasteiger partial charge in [-0.25, -0.2) is 0 Å². The summed E-state index contributed by atoms with van der Waals surface area (Å²) in [4.78, 5) is 13.8. The predicted molar refractivity (Wildman–Crippen MR) is 112 cm³/mol. The number of ether oxygens (including phenoxy) is 1. The van der Waals surface area contributed by atoms with Crippen molar-refractivity contribution in [2.45, 2.75) is 51.6 Å². The Kier molecular flexibility index (Phi) is 6.09. The second-order valence-electron chi connectivity index (χ2n) is 8.46. The lowest BCUT2D eigenvalue weighted by atomic mass is 9.90. The fourth-order valence-electron chi connectivity index (χ4n) is 3.82. The number of likely N-dealkylation sites (N-methyl/N-ethyl adjacent to an activating group) is 1. The monoisotopic (exact) mass is 381 g/mol. The van der Waals surface area contributed by atoms with Crippen LogP contribution in [0.15, 0.2) is 42.5 Å². The highest BCUT2D eigenvalue weighted by atomic mass is 16.5. The van der Waals surface area contributed by atoms with Crippen LogP contribution < -0.4 is 4.74 Å². The van der Waals surface area contributed by atoms with Crippen LogP contribution in [0.2, 0.25) is 0 Å². The highest BCUT2D eigenvalue weighted by Gasteiger charge is 2.35. The summed E-state index contributed by atoms with van der Waals surface area (Å²) >= 11 is 0. The zero-order valence-electron chi connectivity index (χ0n) is 17.4. The number of carbonyl (C=O) groups excluding carboxylic acids is 1. The number of hydrogen-bond donors (Lipinski definition) is 1. The van der Waals surface area contributed by atoms with Crippen LogP contribution in [0.3, 0.4) is 0 Å². The molecule has 3 rings (SSSR count). The number of aliphatic hydroxyl groups is 1. The Bertz CT molecular complexity index is 828. The summed E-state index contributed by atoms with van der Waals surface area (Å²) in [7, 11) is 1.72. The Morgan fingerprint density at radius 1 is 1.18 bits per heavy atom. The normalized spacial score (nSPS) is 18.1. The molecule has 0 saturated carbocycles. The lowest BCUT2D eigenvalue weighted by Crippen LogP contribution is -2.32. The maximum Gasteiger partial charge on any atom is 0.226 e. The molecule has 2 aromatic rings. The van der Waals surface area contributed by atoms with Gasteiger partial charge in [0.05, 0.1) is 13.0 Å². The minimum Gasteiger partial charge on any atom is -0.487 e. The first-order valence-electron chi connectivity index (χ1n) is 10.0. The molecule has 0 saturated heterocycles. The highest BCUT2D eigenvalue weighted by Crippen LogP contribution is 2.37. The van der Waals surface area contributed by atoms with Gasteiger partial charge in [-0.3, -0.25) is 4.79 Å². The minimum atomic E-state index is -0.266. The van der Waals surface area contributed by atoms with Gasteiger partial charge in [0, 0.05) is 26.4 Å². The van der Waals surface area contributed by atoms with E-state index in [1.54, 1.807) is 11.9 Å². The molecule has 1 amide bonds. The average Bonchev–Trinajstić information content (AvgIpc) is 2.97. The molecular formula is C24H31NO3. The quantitative estimate of drug-likeness (QED) is 0.795. The Labute approximate surface area is 168 Å². The van der Waals surface area contributed by atoms with Crippen molar-refractivity contribution in [3.63, 3.8) is 0 Å². The molecule has 0 spiro atoms. The Morgan fingerprint density at radius 2 is 1.86 bits per heavy atom. The average molecular weight is 382 g/mol. The van der Waals surface area contributed by atoms with Crippen molar-refractivity contribution in [1.82, 2.24) is 4.90 Å². The lowest BCUT2D eigenvalue weighted by molar-refractivity contribution is -0.129. The standard InChI is InChI=1S/C24H31NO3/c1-17(2)20-8-5-18(6-9-20)15-24(3)16-21-13-19(7-10-22(21)28-24)14-23(27)25(4)11-12-26/h5-10,13,17,26H,11-12,14-16H2,1-4H3. The maximum absolute atomic E-state index is 12.2. The topological polar surface area (TPSA) is 49.8 Å². The fourth-order valence-corrected chi connectivity index (χ4v) is 3.82. The van der Waals surface area contributed by atoms with E-state index in [1.807, 2.05) is 12.1 Å². The third-order valence-electron chi connectivity index (χ3n) is 5.49. The van der Waals surface area contributed by atoms with Crippen LogP contribution >= 0.6 is 0 Å². The van der Waals surface area contributed by atoms with Gasteiger partial charge in [-0.2, -0.15) is 0 Å². The molecule has 28 heavy (non-hydrogen) atoms. The molecule has 1 aliphatic rings. The van der Waals surface area contributed by atoms with Gasteiger partial charge in [0.1, 0.15) is 11.4 Å². The number of fused-ring (bicyclic) bond motifs is 1. The van der Waals surface area contributed by atoms with Crippen molar-refractivity contribution in [3.8, 4) is 5.75 Å². The van der Waals surface area contributed by atoms with Gasteiger partial charge in [0.2, 0.25) is 5.91 Å². The SMILES string of the molecule is CC(C)c1ccc(CC2(C)Cc3cc(CC(=O)N(C)CCO)ccc3O2)cc1. The third kappa shape index (κ3) is 4.74. The predicted octanol–water partition coefficient (Wildman–Crippen LogP) is 3.74. The first-order valence-corrected chi connectivity index (χ1v) is 10.0. The van der Waals surface area contributed by atoms with Crippen molar-refractivity contribution in [1.29, 1.82) is 0 Å². The number of rotatable bonds is 7. The first-order chi connectivity index (χ1) is 13.3. The molecule has 2 aromatic carbocycles. The Balaban J connectivity index is 1.67. The molecule has 0 aromatic heterocycles. The van der Waals surface area contributed by atoms with Crippen molar-refractivity contribution in [2.24, 2.45) is 0 Å².